The van der Waals surface area contributed by atoms with E-state index in [9.17, 15) is 0 Å². The van der Waals surface area contributed by atoms with E-state index in [2.05, 4.69) is 20.0 Å². The summed E-state index contributed by atoms with van der Waals surface area (Å²) in [5.41, 5.74) is 0. The van der Waals surface area contributed by atoms with Crippen molar-refractivity contribution in [3.8, 4) is 0 Å². The van der Waals surface area contributed by atoms with E-state index in [1.165, 1.54) is 34.6 Å². The Kier molecular flexibility index (Phi) is 13.2. The molecular formula is C8H20Cl2SSn2. The fourth-order valence-corrected chi connectivity index (χ4v) is 89.8. The third-order valence-corrected chi connectivity index (χ3v) is 80.2. The Morgan fingerprint density at radius 1 is 0.923 bits per heavy atom. The SMILES string of the molecule is CCC[CH2][SnH]([Cl])[S][SnH]([Cl])[CH2]CCC. The fourth-order valence-electron chi connectivity index (χ4n) is 1.03. The van der Waals surface area contributed by atoms with Gasteiger partial charge < -0.3 is 0 Å². The first-order valence-corrected chi connectivity index (χ1v) is 27.2. The van der Waals surface area contributed by atoms with Crippen LogP contribution in [0.25, 0.3) is 0 Å². The van der Waals surface area contributed by atoms with E-state index in [1.807, 2.05) is 0 Å². The average molecular weight is 457 g/mol. The van der Waals surface area contributed by atoms with Crippen molar-refractivity contribution in [3.05, 3.63) is 0 Å². The molecule has 80 valence electrons. The van der Waals surface area contributed by atoms with Crippen LogP contribution in [0.15, 0.2) is 0 Å². The van der Waals surface area contributed by atoms with Crippen molar-refractivity contribution < 1.29 is 0 Å². The predicted molar refractivity (Wildman–Crippen MR) is 73.0 cm³/mol. The van der Waals surface area contributed by atoms with Crippen molar-refractivity contribution in [1.82, 2.24) is 0 Å². The topological polar surface area (TPSA) is 0 Å². The summed E-state index contributed by atoms with van der Waals surface area (Å²) < 4.78 is 2.69. The molecule has 0 aliphatic carbocycles. The van der Waals surface area contributed by atoms with Gasteiger partial charge in [0.05, 0.1) is 0 Å². The zero-order valence-corrected chi connectivity index (χ0v) is 17.5. The Balaban J connectivity index is 3.35. The van der Waals surface area contributed by atoms with E-state index in [0.717, 1.165) is 0 Å². The van der Waals surface area contributed by atoms with Gasteiger partial charge in [0, 0.05) is 0 Å². The number of halogens is 2. The van der Waals surface area contributed by atoms with Gasteiger partial charge in [-0.15, -0.1) is 0 Å². The van der Waals surface area contributed by atoms with Crippen LogP contribution in [-0.4, -0.2) is 34.5 Å². The standard InChI is InChI=1S/2C4H9.2ClH.S.2Sn.2H/c2*1-3-4-2;;;;;;;/h2*1,3-4H2,2H3;2*1H;;;;;/q;;;;;2*+1;;/p-2. The van der Waals surface area contributed by atoms with Gasteiger partial charge in [0.1, 0.15) is 0 Å². The molecule has 5 heteroatoms. The molecule has 0 aromatic carbocycles. The average Bonchev–Trinajstić information content (AvgIpc) is 2.11. The molecule has 0 rings (SSSR count). The van der Waals surface area contributed by atoms with E-state index in [-0.39, 0.29) is 0 Å². The first-order chi connectivity index (χ1) is 6.20. The van der Waals surface area contributed by atoms with Crippen LogP contribution < -0.4 is 0 Å². The summed E-state index contributed by atoms with van der Waals surface area (Å²) in [4.78, 5) is 0. The van der Waals surface area contributed by atoms with Gasteiger partial charge in [-0.3, -0.25) is 0 Å². The molecule has 0 saturated carbocycles. The van der Waals surface area contributed by atoms with E-state index in [4.69, 9.17) is 17.8 Å². The first kappa shape index (κ1) is 15.5. The third-order valence-electron chi connectivity index (χ3n) is 1.86. The maximum absolute atomic E-state index is 6.37. The number of hydrogen-bond donors (Lipinski definition) is 0. The molecule has 0 nitrogen and oxygen atoms in total. The normalized spacial score (nSPS) is 15.7. The number of rotatable bonds is 8. The first-order valence-electron chi connectivity index (χ1n) is 5.14. The Bertz CT molecular complexity index is 104. The zero-order valence-electron chi connectivity index (χ0n) is 8.56. The summed E-state index contributed by atoms with van der Waals surface area (Å²) in [5.74, 6) is 0. The molecule has 0 aromatic heterocycles. The molecule has 0 saturated heterocycles. The quantitative estimate of drug-likeness (QED) is 0.493. The summed E-state index contributed by atoms with van der Waals surface area (Å²) in [6.45, 7) is 4.47. The number of hydrogen-bond acceptors (Lipinski definition) is 1. The molecule has 0 N–H and O–H groups in total. The van der Waals surface area contributed by atoms with Crippen LogP contribution in [0.5, 0.6) is 0 Å². The van der Waals surface area contributed by atoms with Crippen molar-refractivity contribution in [2.24, 2.45) is 0 Å². The van der Waals surface area contributed by atoms with Crippen LogP contribution in [0.1, 0.15) is 39.5 Å². The van der Waals surface area contributed by atoms with Gasteiger partial charge >= 0.3 is 107 Å². The monoisotopic (exact) mass is 458 g/mol. The van der Waals surface area contributed by atoms with Crippen molar-refractivity contribution in [1.29, 1.82) is 0 Å². The summed E-state index contributed by atoms with van der Waals surface area (Å²) in [5, 5.41) is 0. The summed E-state index contributed by atoms with van der Waals surface area (Å²) in [6.07, 6.45) is 7.38. The van der Waals surface area contributed by atoms with Crippen molar-refractivity contribution in [2.75, 3.05) is 0 Å². The second-order valence-corrected chi connectivity index (χ2v) is 47.6. The summed E-state index contributed by atoms with van der Waals surface area (Å²) in [6, 6.07) is 0. The van der Waals surface area contributed by atoms with Gasteiger partial charge in [-0.05, 0) is 0 Å². The van der Waals surface area contributed by atoms with Crippen LogP contribution in [0.2, 0.25) is 8.87 Å². The van der Waals surface area contributed by atoms with Gasteiger partial charge in [0.2, 0.25) is 0 Å². The second-order valence-electron chi connectivity index (χ2n) is 3.24. The molecule has 2 atom stereocenters. The number of unbranched alkanes of at least 4 members (excludes halogenated alkanes) is 2. The van der Waals surface area contributed by atoms with Gasteiger partial charge in [-0.2, -0.15) is 0 Å². The molecule has 0 heterocycles. The molecule has 0 radical (unpaired) electrons. The van der Waals surface area contributed by atoms with Gasteiger partial charge in [-0.1, -0.05) is 0 Å². The van der Waals surface area contributed by atoms with E-state index >= 15 is 0 Å². The van der Waals surface area contributed by atoms with Crippen molar-refractivity contribution in [3.63, 3.8) is 0 Å². The summed E-state index contributed by atoms with van der Waals surface area (Å²) in [7, 11) is 12.7. The predicted octanol–water partition coefficient (Wildman–Crippen LogP) is 4.24. The van der Waals surface area contributed by atoms with Gasteiger partial charge in [-0.25, -0.2) is 0 Å². The van der Waals surface area contributed by atoms with E-state index < -0.39 is 34.5 Å². The van der Waals surface area contributed by atoms with Gasteiger partial charge in [0.25, 0.3) is 0 Å². The molecule has 0 aromatic rings. The molecule has 0 bridgehead atoms. The third kappa shape index (κ3) is 10.8. The van der Waals surface area contributed by atoms with Crippen molar-refractivity contribution >= 4 is 58.5 Å². The second kappa shape index (κ2) is 11.0. The fraction of sp³-hybridized carbons (Fsp3) is 1.00. The minimum atomic E-state index is -1.62. The zero-order chi connectivity index (χ0) is 10.1. The summed E-state index contributed by atoms with van der Waals surface area (Å²) >= 11 is -3.24. The van der Waals surface area contributed by atoms with Gasteiger partial charge in [0.15, 0.2) is 0 Å². The molecule has 0 fully saturated rings. The van der Waals surface area contributed by atoms with Crippen LogP contribution in [0.3, 0.4) is 0 Å². The molecule has 0 aliphatic rings. The Morgan fingerprint density at radius 2 is 1.31 bits per heavy atom. The van der Waals surface area contributed by atoms with Crippen LogP contribution >= 0.6 is 24.0 Å². The van der Waals surface area contributed by atoms with Crippen LogP contribution in [0, 0.1) is 0 Å². The molecule has 2 unspecified atom stereocenters. The van der Waals surface area contributed by atoms with Crippen molar-refractivity contribution in [2.45, 2.75) is 48.4 Å². The molecule has 0 amide bonds. The molecule has 13 heavy (non-hydrogen) atoms. The van der Waals surface area contributed by atoms with E-state index in [1.54, 1.807) is 0 Å². The Labute approximate surface area is 105 Å². The molecular weight excluding hydrogens is 436 g/mol. The Hall–Kier alpha value is 2.53. The van der Waals surface area contributed by atoms with E-state index in [0.29, 0.717) is 0 Å². The van der Waals surface area contributed by atoms with Crippen LogP contribution in [-0.2, 0) is 0 Å². The molecule has 0 spiro atoms. The molecule has 0 aliphatic heterocycles. The Morgan fingerprint density at radius 3 is 1.62 bits per heavy atom. The maximum atomic E-state index is 6.37. The van der Waals surface area contributed by atoms with Crippen LogP contribution in [0.4, 0.5) is 0 Å². The minimum absolute atomic E-state index is 1.29.